The average molecular weight is 279 g/mol. The van der Waals surface area contributed by atoms with Gasteiger partial charge in [0.25, 0.3) is 0 Å². The summed E-state index contributed by atoms with van der Waals surface area (Å²) in [5.41, 5.74) is 10.9. The highest BCUT2D eigenvalue weighted by Crippen LogP contribution is 2.28. The predicted octanol–water partition coefficient (Wildman–Crippen LogP) is 4.01. The van der Waals surface area contributed by atoms with Gasteiger partial charge < -0.3 is 10.5 Å². The lowest BCUT2D eigenvalue weighted by Crippen LogP contribution is -2.08. The van der Waals surface area contributed by atoms with Crippen LogP contribution < -0.4 is 10.5 Å². The van der Waals surface area contributed by atoms with Gasteiger partial charge in [0.15, 0.2) is 0 Å². The van der Waals surface area contributed by atoms with Gasteiger partial charge in [0.2, 0.25) is 0 Å². The summed E-state index contributed by atoms with van der Waals surface area (Å²) in [6.07, 6.45) is 3.91. The van der Waals surface area contributed by atoms with E-state index < -0.39 is 0 Å². The maximum Gasteiger partial charge on any atom is 0.122 e. The van der Waals surface area contributed by atoms with Crippen LogP contribution >= 0.6 is 12.2 Å². The van der Waals surface area contributed by atoms with E-state index in [0.717, 1.165) is 38.0 Å². The van der Waals surface area contributed by atoms with Gasteiger partial charge in [-0.2, -0.15) is 0 Å². The van der Waals surface area contributed by atoms with Crippen LogP contribution in [0.5, 0.6) is 5.75 Å². The normalized spacial score (nSPS) is 10.5. The quantitative estimate of drug-likeness (QED) is 0.766. The van der Waals surface area contributed by atoms with Gasteiger partial charge in [-0.05, 0) is 74.8 Å². The van der Waals surface area contributed by atoms with Crippen molar-refractivity contribution >= 4 is 17.2 Å². The largest absolute Gasteiger partial charge is 0.493 e. The van der Waals surface area contributed by atoms with Crippen molar-refractivity contribution in [3.8, 4) is 5.75 Å². The number of nitrogens with two attached hydrogens (primary N) is 1. The number of rotatable bonds is 7. The van der Waals surface area contributed by atoms with Gasteiger partial charge >= 0.3 is 0 Å². The summed E-state index contributed by atoms with van der Waals surface area (Å²) < 4.78 is 5.80. The molecular formula is C16H25NOS. The molecule has 0 fully saturated rings. The molecule has 2 N–H and O–H groups in total. The Bertz CT molecular complexity index is 455. The van der Waals surface area contributed by atoms with Gasteiger partial charge in [-0.15, -0.1) is 0 Å². The minimum Gasteiger partial charge on any atom is -0.493 e. The lowest BCUT2D eigenvalue weighted by atomic mass is 9.93. The van der Waals surface area contributed by atoms with E-state index in [-0.39, 0.29) is 0 Å². The molecule has 19 heavy (non-hydrogen) atoms. The van der Waals surface area contributed by atoms with Crippen molar-refractivity contribution < 1.29 is 4.74 Å². The number of hydrogen-bond donors (Lipinski definition) is 1. The molecule has 1 rings (SSSR count). The summed E-state index contributed by atoms with van der Waals surface area (Å²) in [7, 11) is 0. The number of aryl methyl sites for hydroxylation is 1. The van der Waals surface area contributed by atoms with Crippen LogP contribution in [0.1, 0.15) is 48.4 Å². The monoisotopic (exact) mass is 279 g/mol. The highest BCUT2D eigenvalue weighted by Gasteiger charge is 2.11. The zero-order valence-electron chi connectivity index (χ0n) is 12.5. The molecule has 2 nitrogen and oxygen atoms in total. The maximum atomic E-state index is 5.80. The first-order valence-electron chi connectivity index (χ1n) is 6.98. The molecule has 0 atom stereocenters. The van der Waals surface area contributed by atoms with E-state index in [1.807, 2.05) is 0 Å². The van der Waals surface area contributed by atoms with Crippen LogP contribution in [0.4, 0.5) is 0 Å². The summed E-state index contributed by atoms with van der Waals surface area (Å²) in [4.78, 5) is 0.606. The van der Waals surface area contributed by atoms with Crippen molar-refractivity contribution in [2.45, 2.75) is 53.4 Å². The summed E-state index contributed by atoms with van der Waals surface area (Å²) >= 11 is 4.93. The molecule has 0 unspecified atom stereocenters. The lowest BCUT2D eigenvalue weighted by molar-refractivity contribution is 0.315. The summed E-state index contributed by atoms with van der Waals surface area (Å²) in [5.74, 6) is 1.02. The average Bonchev–Trinajstić information content (AvgIpc) is 2.36. The van der Waals surface area contributed by atoms with Gasteiger partial charge in [-0.1, -0.05) is 19.1 Å². The fourth-order valence-corrected chi connectivity index (χ4v) is 2.43. The van der Waals surface area contributed by atoms with Crippen LogP contribution in [0.3, 0.4) is 0 Å². The van der Waals surface area contributed by atoms with Gasteiger partial charge in [0.05, 0.1) is 11.6 Å². The van der Waals surface area contributed by atoms with Gasteiger partial charge in [0, 0.05) is 0 Å². The second kappa shape index (κ2) is 7.49. The highest BCUT2D eigenvalue weighted by molar-refractivity contribution is 7.80. The minimum atomic E-state index is 0.606. The van der Waals surface area contributed by atoms with E-state index in [4.69, 9.17) is 22.7 Å². The number of hydrogen-bond acceptors (Lipinski definition) is 2. The third-order valence-electron chi connectivity index (χ3n) is 3.52. The van der Waals surface area contributed by atoms with Crippen LogP contribution in [0.2, 0.25) is 0 Å². The standard InChI is InChI=1S/C16H25NOS/c1-5-9-18-15-10-11(2)14(12(3)13(15)4)7-6-8-16(17)19/h10H,5-9H2,1-4H3,(H2,17,19). The second-order valence-electron chi connectivity index (χ2n) is 5.09. The van der Waals surface area contributed by atoms with Crippen molar-refractivity contribution in [3.63, 3.8) is 0 Å². The molecule has 0 radical (unpaired) electrons. The lowest BCUT2D eigenvalue weighted by Gasteiger charge is -2.17. The molecule has 0 aliphatic carbocycles. The molecule has 0 aliphatic heterocycles. The minimum absolute atomic E-state index is 0.606. The van der Waals surface area contributed by atoms with E-state index in [2.05, 4.69) is 33.8 Å². The van der Waals surface area contributed by atoms with Crippen molar-refractivity contribution in [1.29, 1.82) is 0 Å². The Labute approximate surface area is 122 Å². The predicted molar refractivity (Wildman–Crippen MR) is 86.2 cm³/mol. The first-order valence-corrected chi connectivity index (χ1v) is 7.39. The molecule has 1 aromatic rings. The Morgan fingerprint density at radius 2 is 1.95 bits per heavy atom. The molecule has 0 heterocycles. The Balaban J connectivity index is 2.88. The Morgan fingerprint density at radius 1 is 1.26 bits per heavy atom. The zero-order valence-corrected chi connectivity index (χ0v) is 13.3. The Kier molecular flexibility index (Phi) is 6.29. The van der Waals surface area contributed by atoms with Crippen molar-refractivity contribution in [3.05, 3.63) is 28.3 Å². The van der Waals surface area contributed by atoms with E-state index in [1.165, 1.54) is 22.3 Å². The molecule has 0 amide bonds. The van der Waals surface area contributed by atoms with E-state index in [9.17, 15) is 0 Å². The van der Waals surface area contributed by atoms with Crippen molar-refractivity contribution in [2.24, 2.45) is 5.73 Å². The van der Waals surface area contributed by atoms with Gasteiger partial charge in [-0.25, -0.2) is 0 Å². The summed E-state index contributed by atoms with van der Waals surface area (Å²) in [5, 5.41) is 0. The smallest absolute Gasteiger partial charge is 0.122 e. The Hall–Kier alpha value is -1.09. The van der Waals surface area contributed by atoms with Gasteiger partial charge in [0.1, 0.15) is 5.75 Å². The fourth-order valence-electron chi connectivity index (χ4n) is 2.28. The Morgan fingerprint density at radius 3 is 2.53 bits per heavy atom. The molecule has 0 spiro atoms. The topological polar surface area (TPSA) is 35.2 Å². The third kappa shape index (κ3) is 4.50. The molecule has 106 valence electrons. The molecule has 0 bridgehead atoms. The molecule has 0 saturated carbocycles. The summed E-state index contributed by atoms with van der Waals surface area (Å²) in [6, 6.07) is 2.16. The van der Waals surface area contributed by atoms with E-state index in [1.54, 1.807) is 0 Å². The van der Waals surface area contributed by atoms with Crippen LogP contribution in [0.15, 0.2) is 6.07 Å². The first kappa shape index (κ1) is 16.0. The van der Waals surface area contributed by atoms with Crippen LogP contribution in [0.25, 0.3) is 0 Å². The zero-order chi connectivity index (χ0) is 14.4. The molecule has 1 aromatic carbocycles. The van der Waals surface area contributed by atoms with Crippen molar-refractivity contribution in [1.82, 2.24) is 0 Å². The second-order valence-corrected chi connectivity index (χ2v) is 5.61. The first-order chi connectivity index (χ1) is 8.97. The third-order valence-corrected chi connectivity index (χ3v) is 3.72. The number of benzene rings is 1. The molecule has 0 aromatic heterocycles. The molecule has 3 heteroatoms. The molecule has 0 aliphatic rings. The van der Waals surface area contributed by atoms with Crippen LogP contribution in [-0.2, 0) is 6.42 Å². The van der Waals surface area contributed by atoms with Gasteiger partial charge in [-0.3, -0.25) is 0 Å². The number of ether oxygens (including phenoxy) is 1. The van der Waals surface area contributed by atoms with Crippen molar-refractivity contribution in [2.75, 3.05) is 6.61 Å². The fraction of sp³-hybridized carbons (Fsp3) is 0.562. The SMILES string of the molecule is CCCOc1cc(C)c(CCCC(N)=S)c(C)c1C. The van der Waals surface area contributed by atoms with E-state index >= 15 is 0 Å². The van der Waals surface area contributed by atoms with Crippen LogP contribution in [0, 0.1) is 20.8 Å². The molecule has 0 saturated heterocycles. The van der Waals surface area contributed by atoms with E-state index in [0.29, 0.717) is 4.99 Å². The number of thiocarbonyl (C=S) groups is 1. The molecular weight excluding hydrogens is 254 g/mol. The van der Waals surface area contributed by atoms with Crippen LogP contribution in [-0.4, -0.2) is 11.6 Å². The highest BCUT2D eigenvalue weighted by atomic mass is 32.1. The maximum absolute atomic E-state index is 5.80. The summed E-state index contributed by atoms with van der Waals surface area (Å²) in [6.45, 7) is 9.37.